The van der Waals surface area contributed by atoms with Crippen LogP contribution in [0.4, 0.5) is 10.5 Å². The molecule has 0 aliphatic heterocycles. The van der Waals surface area contributed by atoms with Gasteiger partial charge in [-0.25, -0.2) is 4.79 Å². The minimum atomic E-state index is -1.14. The number of hydrogen-bond acceptors (Lipinski definition) is 5. The van der Waals surface area contributed by atoms with Crippen LogP contribution in [0.15, 0.2) is 48.7 Å². The van der Waals surface area contributed by atoms with E-state index in [4.69, 9.17) is 14.6 Å². The molecule has 0 unspecified atom stereocenters. The second kappa shape index (κ2) is 7.61. The van der Waals surface area contributed by atoms with Gasteiger partial charge < -0.3 is 19.9 Å². The van der Waals surface area contributed by atoms with Crippen LogP contribution < -0.4 is 20.1 Å². The molecule has 0 saturated carbocycles. The molecule has 2 aromatic carbocycles. The second-order valence-corrected chi connectivity index (χ2v) is 5.51. The zero-order valence-electron chi connectivity index (χ0n) is 14.6. The van der Waals surface area contributed by atoms with Crippen molar-refractivity contribution in [3.05, 3.63) is 54.2 Å². The van der Waals surface area contributed by atoms with E-state index in [9.17, 15) is 9.59 Å². The van der Waals surface area contributed by atoms with Crippen LogP contribution in [0.1, 0.15) is 10.4 Å². The molecule has 1 aromatic heterocycles. The number of methoxy groups -OCH3 is 1. The molecule has 1 heterocycles. The van der Waals surface area contributed by atoms with E-state index in [1.807, 2.05) is 0 Å². The number of rotatable bonds is 5. The molecule has 0 spiro atoms. The van der Waals surface area contributed by atoms with Crippen molar-refractivity contribution in [1.29, 1.82) is 0 Å². The number of fused-ring (bicyclic) bond motifs is 1. The number of hydrogen-bond donors (Lipinski definition) is 3. The van der Waals surface area contributed by atoms with Crippen LogP contribution in [0.25, 0.3) is 10.9 Å². The van der Waals surface area contributed by atoms with Gasteiger partial charge in [0.15, 0.2) is 0 Å². The zero-order chi connectivity index (χ0) is 19.4. The van der Waals surface area contributed by atoms with Gasteiger partial charge in [0, 0.05) is 30.4 Å². The quantitative estimate of drug-likeness (QED) is 0.637. The Bertz CT molecular complexity index is 1000. The third-order valence-electron chi connectivity index (χ3n) is 3.83. The van der Waals surface area contributed by atoms with Gasteiger partial charge in [-0.15, -0.1) is 0 Å². The van der Waals surface area contributed by atoms with Crippen LogP contribution >= 0.6 is 0 Å². The predicted octanol–water partition coefficient (Wildman–Crippen LogP) is 3.49. The van der Waals surface area contributed by atoms with Gasteiger partial charge in [0.25, 0.3) is 5.91 Å². The Morgan fingerprint density at radius 1 is 1.07 bits per heavy atom. The van der Waals surface area contributed by atoms with Crippen LogP contribution in [-0.2, 0) is 0 Å². The normalized spacial score (nSPS) is 10.3. The third-order valence-corrected chi connectivity index (χ3v) is 3.83. The number of pyridine rings is 1. The topological polar surface area (TPSA) is 110 Å². The number of benzene rings is 2. The number of nitrogens with zero attached hydrogens (tertiary/aromatic N) is 1. The molecular formula is C19H17N3O5. The monoisotopic (exact) mass is 367 g/mol. The summed E-state index contributed by atoms with van der Waals surface area (Å²) in [6.07, 6.45) is 0.455. The zero-order valence-corrected chi connectivity index (χ0v) is 14.6. The first-order valence-corrected chi connectivity index (χ1v) is 7.98. The van der Waals surface area contributed by atoms with E-state index in [1.165, 1.54) is 7.11 Å². The minimum Gasteiger partial charge on any atom is -0.496 e. The number of carbonyl (C=O) groups is 2. The molecule has 0 radical (unpaired) electrons. The summed E-state index contributed by atoms with van der Waals surface area (Å²) in [5, 5.41) is 14.2. The summed E-state index contributed by atoms with van der Waals surface area (Å²) in [6, 6.07) is 11.5. The first-order valence-electron chi connectivity index (χ1n) is 7.98. The summed E-state index contributed by atoms with van der Waals surface area (Å²) in [4.78, 5) is 27.1. The number of amides is 2. The fraction of sp³-hybridized carbons (Fsp3) is 0.105. The molecule has 3 rings (SSSR count). The lowest BCUT2D eigenvalue weighted by Gasteiger charge is -2.12. The SMILES string of the molecule is CNC(=O)c1cc2c(Oc3ccc(NC(=O)O)cc3)ccnc2cc1OC. The Kier molecular flexibility index (Phi) is 5.07. The smallest absolute Gasteiger partial charge is 0.409 e. The predicted molar refractivity (Wildman–Crippen MR) is 99.8 cm³/mol. The van der Waals surface area contributed by atoms with E-state index in [1.54, 1.807) is 55.7 Å². The van der Waals surface area contributed by atoms with E-state index >= 15 is 0 Å². The lowest BCUT2D eigenvalue weighted by molar-refractivity contribution is 0.0960. The van der Waals surface area contributed by atoms with Crippen LogP contribution in [0.5, 0.6) is 17.2 Å². The van der Waals surface area contributed by atoms with Crippen LogP contribution in [0.2, 0.25) is 0 Å². The fourth-order valence-electron chi connectivity index (χ4n) is 2.58. The van der Waals surface area contributed by atoms with E-state index in [0.717, 1.165) is 0 Å². The molecule has 0 bridgehead atoms. The minimum absolute atomic E-state index is 0.285. The first kappa shape index (κ1) is 18.0. The van der Waals surface area contributed by atoms with E-state index in [-0.39, 0.29) is 5.91 Å². The highest BCUT2D eigenvalue weighted by Gasteiger charge is 2.15. The van der Waals surface area contributed by atoms with Crippen molar-refractivity contribution < 1.29 is 24.2 Å². The summed E-state index contributed by atoms with van der Waals surface area (Å²) in [5.41, 5.74) is 1.41. The summed E-state index contributed by atoms with van der Waals surface area (Å²) in [5.74, 6) is 1.14. The highest BCUT2D eigenvalue weighted by Crippen LogP contribution is 2.33. The van der Waals surface area contributed by atoms with Gasteiger partial charge in [0.1, 0.15) is 17.2 Å². The first-order chi connectivity index (χ1) is 13.0. The molecule has 3 aromatic rings. The van der Waals surface area contributed by atoms with Gasteiger partial charge in [-0.1, -0.05) is 0 Å². The maximum atomic E-state index is 12.1. The Morgan fingerprint density at radius 2 is 1.81 bits per heavy atom. The average Bonchev–Trinajstić information content (AvgIpc) is 2.67. The van der Waals surface area contributed by atoms with Crippen LogP contribution in [-0.4, -0.2) is 36.2 Å². The molecule has 3 N–H and O–H groups in total. The van der Waals surface area contributed by atoms with Gasteiger partial charge in [0.2, 0.25) is 0 Å². The Hall–Kier alpha value is -3.81. The third kappa shape index (κ3) is 3.90. The van der Waals surface area contributed by atoms with E-state index in [0.29, 0.717) is 39.4 Å². The van der Waals surface area contributed by atoms with Gasteiger partial charge in [0.05, 0.1) is 18.2 Å². The van der Waals surface area contributed by atoms with Crippen molar-refractivity contribution >= 4 is 28.6 Å². The van der Waals surface area contributed by atoms with Gasteiger partial charge in [-0.05, 0) is 36.4 Å². The molecule has 0 fully saturated rings. The molecule has 138 valence electrons. The van der Waals surface area contributed by atoms with E-state index in [2.05, 4.69) is 15.6 Å². The van der Waals surface area contributed by atoms with Crippen LogP contribution in [0.3, 0.4) is 0 Å². The van der Waals surface area contributed by atoms with Gasteiger partial charge in [-0.3, -0.25) is 15.1 Å². The molecular weight excluding hydrogens is 350 g/mol. The molecule has 2 amide bonds. The second-order valence-electron chi connectivity index (χ2n) is 5.51. The number of ether oxygens (including phenoxy) is 2. The van der Waals surface area contributed by atoms with Crippen molar-refractivity contribution in [1.82, 2.24) is 10.3 Å². The molecule has 0 aliphatic carbocycles. The average molecular weight is 367 g/mol. The number of carbonyl (C=O) groups excluding carboxylic acids is 1. The van der Waals surface area contributed by atoms with E-state index < -0.39 is 6.09 Å². The van der Waals surface area contributed by atoms with Crippen molar-refractivity contribution in [2.24, 2.45) is 0 Å². The molecule has 8 nitrogen and oxygen atoms in total. The van der Waals surface area contributed by atoms with Crippen molar-refractivity contribution in [2.75, 3.05) is 19.5 Å². The van der Waals surface area contributed by atoms with Crippen molar-refractivity contribution in [3.8, 4) is 17.2 Å². The molecule has 0 aliphatic rings. The lowest BCUT2D eigenvalue weighted by Crippen LogP contribution is -2.18. The highest BCUT2D eigenvalue weighted by molar-refractivity contribution is 6.02. The maximum Gasteiger partial charge on any atom is 0.409 e. The molecule has 27 heavy (non-hydrogen) atoms. The summed E-state index contributed by atoms with van der Waals surface area (Å²) in [6.45, 7) is 0. The Morgan fingerprint density at radius 3 is 2.44 bits per heavy atom. The van der Waals surface area contributed by atoms with Crippen molar-refractivity contribution in [2.45, 2.75) is 0 Å². The number of aromatic nitrogens is 1. The summed E-state index contributed by atoms with van der Waals surface area (Å²) >= 11 is 0. The number of anilines is 1. The molecule has 0 atom stereocenters. The standard InChI is InChI=1S/C19H17N3O5/c1-20-18(23)14-9-13-15(10-17(14)26-2)21-8-7-16(13)27-12-5-3-11(4-6-12)22-19(24)25/h3-10,22H,1-2H3,(H,20,23)(H,24,25). The maximum absolute atomic E-state index is 12.1. The molecule has 8 heteroatoms. The van der Waals surface area contributed by atoms with Gasteiger partial charge in [-0.2, -0.15) is 0 Å². The van der Waals surface area contributed by atoms with Gasteiger partial charge >= 0.3 is 6.09 Å². The fourth-order valence-corrected chi connectivity index (χ4v) is 2.58. The van der Waals surface area contributed by atoms with Crippen LogP contribution in [0, 0.1) is 0 Å². The summed E-state index contributed by atoms with van der Waals surface area (Å²) in [7, 11) is 3.03. The Labute approximate surface area is 154 Å². The number of nitrogens with one attached hydrogen (secondary N) is 2. The lowest BCUT2D eigenvalue weighted by atomic mass is 10.1. The largest absolute Gasteiger partial charge is 0.496 e. The van der Waals surface area contributed by atoms with Crippen molar-refractivity contribution in [3.63, 3.8) is 0 Å². The number of carboxylic acid groups (broad SMARTS) is 1. The summed E-state index contributed by atoms with van der Waals surface area (Å²) < 4.78 is 11.2. The highest BCUT2D eigenvalue weighted by atomic mass is 16.5. The molecule has 0 saturated heterocycles. The Balaban J connectivity index is 1.99.